The summed E-state index contributed by atoms with van der Waals surface area (Å²) in [7, 11) is 0. The van der Waals surface area contributed by atoms with E-state index in [0.717, 1.165) is 37.7 Å². The molecule has 3 amide bonds. The molecule has 1 saturated carbocycles. The number of nitrogens with one attached hydrogen (secondary N) is 3. The summed E-state index contributed by atoms with van der Waals surface area (Å²) in [4.78, 5) is 48.1. The molecule has 9 heteroatoms. The predicted octanol–water partition coefficient (Wildman–Crippen LogP) is 2.31. The van der Waals surface area contributed by atoms with Crippen molar-refractivity contribution in [3.05, 3.63) is 35.9 Å². The molecule has 0 aromatic heterocycles. The molecule has 1 aromatic rings. The first kappa shape index (κ1) is 29.3. The Morgan fingerprint density at radius 3 is 2.36 bits per heavy atom. The maximum atomic E-state index is 12.7. The molecular weight excluding hydrogens is 462 g/mol. The number of benzene rings is 1. The Balaban J connectivity index is 1.88. The third kappa shape index (κ3) is 11.7. The van der Waals surface area contributed by atoms with Crippen molar-refractivity contribution in [1.29, 1.82) is 0 Å². The molecule has 3 atom stereocenters. The Morgan fingerprint density at radius 1 is 1.03 bits per heavy atom. The monoisotopic (exact) mass is 503 g/mol. The second-order valence-corrected chi connectivity index (χ2v) is 9.75. The number of hydrogen-bond acceptors (Lipinski definition) is 5. The first-order valence-electron chi connectivity index (χ1n) is 13.0. The minimum Gasteiger partial charge on any atom is -0.481 e. The van der Waals surface area contributed by atoms with E-state index in [1.165, 1.54) is 13.3 Å². The fourth-order valence-corrected chi connectivity index (χ4v) is 4.75. The molecule has 0 bridgehead atoms. The van der Waals surface area contributed by atoms with Gasteiger partial charge in [-0.05, 0) is 37.2 Å². The van der Waals surface area contributed by atoms with Crippen LogP contribution in [0.2, 0.25) is 0 Å². The number of amides is 3. The van der Waals surface area contributed by atoms with Crippen molar-refractivity contribution in [3.8, 4) is 0 Å². The lowest BCUT2D eigenvalue weighted by molar-refractivity contribution is -0.138. The van der Waals surface area contributed by atoms with Crippen LogP contribution in [0.5, 0.6) is 0 Å². The van der Waals surface area contributed by atoms with Gasteiger partial charge in [-0.2, -0.15) is 0 Å². The Bertz CT molecular complexity index is 841. The van der Waals surface area contributed by atoms with Gasteiger partial charge in [-0.3, -0.25) is 19.2 Å². The summed E-state index contributed by atoms with van der Waals surface area (Å²) < 4.78 is 0. The fraction of sp³-hybridized carbons (Fsp3) is 0.630. The fourth-order valence-electron chi connectivity index (χ4n) is 4.75. The molecule has 1 fully saturated rings. The molecule has 9 nitrogen and oxygen atoms in total. The number of aliphatic carboxylic acids is 1. The zero-order valence-corrected chi connectivity index (χ0v) is 21.2. The Kier molecular flexibility index (Phi) is 13.0. The quantitative estimate of drug-likeness (QED) is 0.232. The highest BCUT2D eigenvalue weighted by molar-refractivity contribution is 5.88. The van der Waals surface area contributed by atoms with Gasteiger partial charge in [-0.15, -0.1) is 0 Å². The van der Waals surface area contributed by atoms with Crippen LogP contribution in [-0.4, -0.2) is 58.6 Å². The van der Waals surface area contributed by atoms with Crippen LogP contribution in [0.25, 0.3) is 0 Å². The molecule has 0 aliphatic heterocycles. The van der Waals surface area contributed by atoms with Gasteiger partial charge in [-0.1, -0.05) is 62.4 Å². The van der Waals surface area contributed by atoms with Gasteiger partial charge in [0, 0.05) is 19.9 Å². The van der Waals surface area contributed by atoms with Gasteiger partial charge >= 0.3 is 5.97 Å². The molecule has 1 aliphatic rings. The van der Waals surface area contributed by atoms with Crippen LogP contribution < -0.4 is 16.0 Å². The average molecular weight is 504 g/mol. The Hall–Kier alpha value is -2.94. The summed E-state index contributed by atoms with van der Waals surface area (Å²) >= 11 is 0. The summed E-state index contributed by atoms with van der Waals surface area (Å²) in [5.41, 5.74) is 1.15. The standard InChI is InChI=1S/C27H41N3O6/c1-19(31)29-23(17-21-11-6-3-7-12-21)24(32)18-25(33)30-22(14-15-26(34)35)27(36)28-16-8-13-20-9-4-2-5-10-20/h2,4-5,9-10,21-24,32H,3,6-8,11-18H2,1H3,(H,28,36)(H,29,31)(H,30,33)(H,34,35)/t22-,23?,24?/m0/s1. The third-order valence-corrected chi connectivity index (χ3v) is 6.64. The predicted molar refractivity (Wildman–Crippen MR) is 136 cm³/mol. The molecule has 1 aromatic carbocycles. The highest BCUT2D eigenvalue weighted by atomic mass is 16.4. The summed E-state index contributed by atoms with van der Waals surface area (Å²) in [6.07, 6.45) is 5.87. The van der Waals surface area contributed by atoms with Crippen LogP contribution in [0.15, 0.2) is 30.3 Å². The smallest absolute Gasteiger partial charge is 0.303 e. The lowest BCUT2D eigenvalue weighted by Crippen LogP contribution is -2.50. The number of rotatable bonds is 15. The van der Waals surface area contributed by atoms with Crippen LogP contribution in [0.1, 0.15) is 76.7 Å². The number of carbonyl (C=O) groups is 4. The van der Waals surface area contributed by atoms with Crippen LogP contribution in [0, 0.1) is 5.92 Å². The lowest BCUT2D eigenvalue weighted by Gasteiger charge is -2.30. The van der Waals surface area contributed by atoms with Gasteiger partial charge in [-0.25, -0.2) is 0 Å². The van der Waals surface area contributed by atoms with Crippen molar-refractivity contribution >= 4 is 23.7 Å². The number of carbonyl (C=O) groups excluding carboxylic acids is 3. The average Bonchev–Trinajstić information content (AvgIpc) is 2.84. The van der Waals surface area contributed by atoms with E-state index >= 15 is 0 Å². The second-order valence-electron chi connectivity index (χ2n) is 9.75. The maximum absolute atomic E-state index is 12.7. The molecule has 0 radical (unpaired) electrons. The molecule has 0 heterocycles. The van der Waals surface area contributed by atoms with Gasteiger partial charge in [0.25, 0.3) is 0 Å². The summed E-state index contributed by atoms with van der Waals surface area (Å²) in [6, 6.07) is 8.27. The van der Waals surface area contributed by atoms with E-state index in [2.05, 4.69) is 16.0 Å². The normalized spacial score (nSPS) is 16.4. The number of aliphatic hydroxyl groups excluding tert-OH is 1. The van der Waals surface area contributed by atoms with Crippen LogP contribution in [-0.2, 0) is 25.6 Å². The van der Waals surface area contributed by atoms with Crippen molar-refractivity contribution in [2.45, 2.75) is 95.7 Å². The van der Waals surface area contributed by atoms with Gasteiger partial charge in [0.15, 0.2) is 0 Å². The lowest BCUT2D eigenvalue weighted by atomic mass is 9.83. The van der Waals surface area contributed by atoms with Crippen molar-refractivity contribution in [3.63, 3.8) is 0 Å². The second kappa shape index (κ2) is 15.9. The molecule has 2 rings (SSSR count). The van der Waals surface area contributed by atoms with E-state index < -0.39 is 36.0 Å². The number of carboxylic acids is 1. The minimum absolute atomic E-state index is 0.0567. The van der Waals surface area contributed by atoms with Crippen molar-refractivity contribution in [2.24, 2.45) is 5.92 Å². The molecule has 2 unspecified atom stereocenters. The van der Waals surface area contributed by atoms with Crippen LogP contribution in [0.3, 0.4) is 0 Å². The minimum atomic E-state index is -1.11. The Morgan fingerprint density at radius 2 is 1.72 bits per heavy atom. The zero-order chi connectivity index (χ0) is 26.3. The molecule has 1 aliphatic carbocycles. The zero-order valence-electron chi connectivity index (χ0n) is 21.2. The van der Waals surface area contributed by atoms with Crippen LogP contribution >= 0.6 is 0 Å². The first-order valence-corrected chi connectivity index (χ1v) is 13.0. The van der Waals surface area contributed by atoms with E-state index in [1.54, 1.807) is 0 Å². The topological polar surface area (TPSA) is 145 Å². The molecule has 200 valence electrons. The van der Waals surface area contributed by atoms with Gasteiger partial charge in [0.2, 0.25) is 17.7 Å². The van der Waals surface area contributed by atoms with Crippen LogP contribution in [0.4, 0.5) is 0 Å². The molecule has 5 N–H and O–H groups in total. The van der Waals surface area contributed by atoms with E-state index in [1.807, 2.05) is 30.3 Å². The largest absolute Gasteiger partial charge is 0.481 e. The maximum Gasteiger partial charge on any atom is 0.303 e. The van der Waals surface area contributed by atoms with Crippen molar-refractivity contribution < 1.29 is 29.4 Å². The summed E-state index contributed by atoms with van der Waals surface area (Å²) in [6.45, 7) is 1.77. The van der Waals surface area contributed by atoms with Crippen molar-refractivity contribution in [2.75, 3.05) is 6.54 Å². The highest BCUT2D eigenvalue weighted by Crippen LogP contribution is 2.28. The molecule has 0 saturated heterocycles. The van der Waals surface area contributed by atoms with Crippen molar-refractivity contribution in [1.82, 2.24) is 16.0 Å². The number of carboxylic acid groups (broad SMARTS) is 1. The number of aryl methyl sites for hydroxylation is 1. The number of hydrogen-bond donors (Lipinski definition) is 5. The highest BCUT2D eigenvalue weighted by Gasteiger charge is 2.29. The Labute approximate surface area is 213 Å². The van der Waals surface area contributed by atoms with Gasteiger partial charge in [0.05, 0.1) is 18.6 Å². The molecular formula is C27H41N3O6. The summed E-state index contributed by atoms with van der Waals surface area (Å²) in [5.74, 6) is -1.96. The van der Waals surface area contributed by atoms with Gasteiger partial charge in [0.1, 0.15) is 6.04 Å². The van der Waals surface area contributed by atoms with E-state index in [0.29, 0.717) is 25.3 Å². The SMILES string of the molecule is CC(=O)NC(CC1CCCCC1)C(O)CC(=O)N[C@@H](CCC(=O)O)C(=O)NCCCc1ccccc1. The molecule has 36 heavy (non-hydrogen) atoms. The van der Waals surface area contributed by atoms with Gasteiger partial charge < -0.3 is 26.2 Å². The van der Waals surface area contributed by atoms with E-state index in [9.17, 15) is 24.3 Å². The third-order valence-electron chi connectivity index (χ3n) is 6.64. The first-order chi connectivity index (χ1) is 17.2. The molecule has 0 spiro atoms. The summed E-state index contributed by atoms with van der Waals surface area (Å²) in [5, 5.41) is 27.9. The van der Waals surface area contributed by atoms with E-state index in [4.69, 9.17) is 5.11 Å². The van der Waals surface area contributed by atoms with E-state index in [-0.39, 0.29) is 25.2 Å². The number of aliphatic hydroxyl groups is 1.